The summed E-state index contributed by atoms with van der Waals surface area (Å²) < 4.78 is 7.06. The first-order valence-electron chi connectivity index (χ1n) is 8.61. The summed E-state index contributed by atoms with van der Waals surface area (Å²) in [5.74, 6) is 1.44. The third-order valence-electron chi connectivity index (χ3n) is 4.42. The Hall–Kier alpha value is -2.90. The first-order valence-corrected chi connectivity index (χ1v) is 8.61. The van der Waals surface area contributed by atoms with Crippen molar-refractivity contribution >= 4 is 17.5 Å². The van der Waals surface area contributed by atoms with Gasteiger partial charge in [-0.25, -0.2) is 4.98 Å². The minimum atomic E-state index is -0.510. The summed E-state index contributed by atoms with van der Waals surface area (Å²) >= 11 is 0. The van der Waals surface area contributed by atoms with E-state index in [4.69, 9.17) is 4.74 Å². The SMILES string of the molecule is COc1ccc2c(c1)C(C(=O)NCCCn1nc(C)nc1C)CC(=O)N2. The molecule has 8 nitrogen and oxygen atoms in total. The van der Waals surface area contributed by atoms with E-state index in [0.717, 1.165) is 23.6 Å². The minimum absolute atomic E-state index is 0.132. The second kappa shape index (κ2) is 7.55. The van der Waals surface area contributed by atoms with Gasteiger partial charge in [0, 0.05) is 25.2 Å². The number of anilines is 1. The Morgan fingerprint density at radius 1 is 1.42 bits per heavy atom. The lowest BCUT2D eigenvalue weighted by molar-refractivity contribution is -0.126. The van der Waals surface area contributed by atoms with Crippen LogP contribution in [-0.2, 0) is 16.1 Å². The van der Waals surface area contributed by atoms with Crippen LogP contribution in [0, 0.1) is 13.8 Å². The molecule has 1 atom stereocenters. The molecule has 8 heteroatoms. The molecule has 0 radical (unpaired) electrons. The highest BCUT2D eigenvalue weighted by Gasteiger charge is 2.30. The molecule has 0 fully saturated rings. The Morgan fingerprint density at radius 3 is 2.92 bits per heavy atom. The summed E-state index contributed by atoms with van der Waals surface area (Å²) in [6.45, 7) is 4.95. The van der Waals surface area contributed by atoms with Crippen LogP contribution in [0.4, 0.5) is 5.69 Å². The number of benzene rings is 1. The summed E-state index contributed by atoms with van der Waals surface area (Å²) in [4.78, 5) is 28.8. The van der Waals surface area contributed by atoms with Crippen LogP contribution in [0.15, 0.2) is 18.2 Å². The first-order chi connectivity index (χ1) is 12.5. The number of ether oxygens (including phenoxy) is 1. The van der Waals surface area contributed by atoms with Crippen LogP contribution in [0.5, 0.6) is 5.75 Å². The van der Waals surface area contributed by atoms with Crippen molar-refractivity contribution in [2.75, 3.05) is 19.0 Å². The predicted octanol–water partition coefficient (Wildman–Crippen LogP) is 1.54. The average Bonchev–Trinajstić information content (AvgIpc) is 2.94. The number of hydrogen-bond acceptors (Lipinski definition) is 5. The normalized spacial score (nSPS) is 16.0. The highest BCUT2D eigenvalue weighted by molar-refractivity contribution is 6.01. The van der Waals surface area contributed by atoms with E-state index >= 15 is 0 Å². The largest absolute Gasteiger partial charge is 0.497 e. The molecule has 0 spiro atoms. The van der Waals surface area contributed by atoms with Crippen molar-refractivity contribution in [1.82, 2.24) is 20.1 Å². The fourth-order valence-electron chi connectivity index (χ4n) is 3.14. The molecule has 0 saturated carbocycles. The van der Waals surface area contributed by atoms with Gasteiger partial charge in [0.05, 0.1) is 13.0 Å². The maximum Gasteiger partial charge on any atom is 0.228 e. The quantitative estimate of drug-likeness (QED) is 0.764. The predicted molar refractivity (Wildman–Crippen MR) is 96.1 cm³/mol. The van der Waals surface area contributed by atoms with Crippen molar-refractivity contribution < 1.29 is 14.3 Å². The lowest BCUT2D eigenvalue weighted by Gasteiger charge is -2.25. The van der Waals surface area contributed by atoms with E-state index in [2.05, 4.69) is 20.7 Å². The Balaban J connectivity index is 1.61. The van der Waals surface area contributed by atoms with Crippen molar-refractivity contribution in [2.24, 2.45) is 0 Å². The summed E-state index contributed by atoms with van der Waals surface area (Å²) in [6.07, 6.45) is 0.868. The molecule has 1 aromatic heterocycles. The summed E-state index contributed by atoms with van der Waals surface area (Å²) in [7, 11) is 1.58. The number of amides is 2. The number of nitrogens with one attached hydrogen (secondary N) is 2. The number of hydrogen-bond donors (Lipinski definition) is 2. The second-order valence-corrected chi connectivity index (χ2v) is 6.33. The van der Waals surface area contributed by atoms with Crippen molar-refractivity contribution in [3.8, 4) is 5.75 Å². The molecule has 0 aliphatic carbocycles. The number of carbonyl (C=O) groups is 2. The van der Waals surface area contributed by atoms with Crippen LogP contribution in [0.3, 0.4) is 0 Å². The summed E-state index contributed by atoms with van der Waals surface area (Å²) in [5.41, 5.74) is 1.44. The zero-order valence-electron chi connectivity index (χ0n) is 15.2. The lowest BCUT2D eigenvalue weighted by Crippen LogP contribution is -2.35. The Morgan fingerprint density at radius 2 is 2.23 bits per heavy atom. The molecule has 138 valence electrons. The number of nitrogens with zero attached hydrogens (tertiary/aromatic N) is 3. The van der Waals surface area contributed by atoms with Crippen LogP contribution in [0.2, 0.25) is 0 Å². The van der Waals surface area contributed by atoms with Crippen LogP contribution in [0.25, 0.3) is 0 Å². The van der Waals surface area contributed by atoms with E-state index < -0.39 is 5.92 Å². The molecular weight excluding hydrogens is 334 g/mol. The van der Waals surface area contributed by atoms with Gasteiger partial charge in [-0.1, -0.05) is 0 Å². The topological polar surface area (TPSA) is 98.1 Å². The zero-order valence-corrected chi connectivity index (χ0v) is 15.2. The Labute approximate surface area is 151 Å². The number of fused-ring (bicyclic) bond motifs is 1. The van der Waals surface area contributed by atoms with Crippen LogP contribution in [0.1, 0.15) is 36.0 Å². The monoisotopic (exact) mass is 357 g/mol. The maximum atomic E-state index is 12.6. The van der Waals surface area contributed by atoms with Crippen LogP contribution < -0.4 is 15.4 Å². The standard InChI is InChI=1S/C18H23N5O3/c1-11-20-12(2)23(22-11)8-4-7-19-18(25)15-10-17(24)21-16-6-5-13(26-3)9-14(15)16/h5-6,9,15H,4,7-8,10H2,1-3H3,(H,19,25)(H,21,24). The van der Waals surface area contributed by atoms with E-state index in [-0.39, 0.29) is 18.2 Å². The number of aromatic nitrogens is 3. The van der Waals surface area contributed by atoms with Gasteiger partial charge in [-0.15, -0.1) is 0 Å². The van der Waals surface area contributed by atoms with Gasteiger partial charge in [-0.2, -0.15) is 5.10 Å². The molecule has 1 aromatic carbocycles. The molecule has 2 aromatic rings. The molecule has 1 aliphatic rings. The van der Waals surface area contributed by atoms with Gasteiger partial charge >= 0.3 is 0 Å². The van der Waals surface area contributed by atoms with Gasteiger partial charge in [-0.05, 0) is 44.0 Å². The lowest BCUT2D eigenvalue weighted by atomic mass is 9.89. The van der Waals surface area contributed by atoms with Gasteiger partial charge in [0.25, 0.3) is 0 Å². The highest BCUT2D eigenvalue weighted by atomic mass is 16.5. The molecule has 26 heavy (non-hydrogen) atoms. The highest BCUT2D eigenvalue weighted by Crippen LogP contribution is 2.34. The van der Waals surface area contributed by atoms with E-state index in [1.54, 1.807) is 25.3 Å². The van der Waals surface area contributed by atoms with Gasteiger partial charge in [0.2, 0.25) is 11.8 Å². The smallest absolute Gasteiger partial charge is 0.228 e. The Kier molecular flexibility index (Phi) is 5.20. The number of carbonyl (C=O) groups excluding carboxylic acids is 2. The van der Waals surface area contributed by atoms with Crippen molar-refractivity contribution in [3.63, 3.8) is 0 Å². The van der Waals surface area contributed by atoms with Crippen molar-refractivity contribution in [1.29, 1.82) is 0 Å². The van der Waals surface area contributed by atoms with E-state index in [1.807, 2.05) is 18.5 Å². The third-order valence-corrected chi connectivity index (χ3v) is 4.42. The molecule has 1 unspecified atom stereocenters. The molecule has 1 aliphatic heterocycles. The van der Waals surface area contributed by atoms with E-state index in [0.29, 0.717) is 24.5 Å². The maximum absolute atomic E-state index is 12.6. The molecular formula is C18H23N5O3. The van der Waals surface area contributed by atoms with Crippen LogP contribution in [-0.4, -0.2) is 40.2 Å². The van der Waals surface area contributed by atoms with Crippen LogP contribution >= 0.6 is 0 Å². The fourth-order valence-corrected chi connectivity index (χ4v) is 3.14. The van der Waals surface area contributed by atoms with Crippen molar-refractivity contribution in [2.45, 2.75) is 39.2 Å². The van der Waals surface area contributed by atoms with Gasteiger partial charge in [0.15, 0.2) is 0 Å². The number of rotatable bonds is 6. The number of methoxy groups -OCH3 is 1. The van der Waals surface area contributed by atoms with E-state index in [1.165, 1.54) is 0 Å². The molecule has 0 bridgehead atoms. The van der Waals surface area contributed by atoms with E-state index in [9.17, 15) is 9.59 Å². The molecule has 3 rings (SSSR count). The molecule has 2 N–H and O–H groups in total. The second-order valence-electron chi connectivity index (χ2n) is 6.33. The number of aryl methyl sites for hydroxylation is 3. The molecule has 2 amide bonds. The van der Waals surface area contributed by atoms with Crippen molar-refractivity contribution in [3.05, 3.63) is 35.4 Å². The van der Waals surface area contributed by atoms with Gasteiger partial charge in [-0.3, -0.25) is 14.3 Å². The molecule has 2 heterocycles. The van der Waals surface area contributed by atoms with Gasteiger partial charge < -0.3 is 15.4 Å². The summed E-state index contributed by atoms with van der Waals surface area (Å²) in [5, 5.41) is 10.0. The zero-order chi connectivity index (χ0) is 18.7. The summed E-state index contributed by atoms with van der Waals surface area (Å²) in [6, 6.07) is 5.34. The third kappa shape index (κ3) is 3.84. The minimum Gasteiger partial charge on any atom is -0.497 e. The Bertz CT molecular complexity index is 830. The first kappa shape index (κ1) is 17.9. The fraction of sp³-hybridized carbons (Fsp3) is 0.444. The average molecular weight is 357 g/mol. The molecule has 0 saturated heterocycles. The van der Waals surface area contributed by atoms with Gasteiger partial charge in [0.1, 0.15) is 17.4 Å².